The van der Waals surface area contributed by atoms with Gasteiger partial charge in [0, 0.05) is 32.0 Å². The lowest BCUT2D eigenvalue weighted by Gasteiger charge is -2.20. The molecule has 19 heavy (non-hydrogen) atoms. The topological polar surface area (TPSA) is 85.6 Å². The summed E-state index contributed by atoms with van der Waals surface area (Å²) in [6, 6.07) is 1.23. The van der Waals surface area contributed by atoms with Crippen LogP contribution < -0.4 is 0 Å². The SMILES string of the molecule is CCOCCN(CC)C(=O)c1cncc([N+](=O)[O-])c1. The first-order valence-electron chi connectivity index (χ1n) is 6.06. The third-order valence-electron chi connectivity index (χ3n) is 2.56. The summed E-state index contributed by atoms with van der Waals surface area (Å²) in [5.74, 6) is -0.279. The van der Waals surface area contributed by atoms with Crippen molar-refractivity contribution in [1.29, 1.82) is 0 Å². The predicted octanol–water partition coefficient (Wildman–Crippen LogP) is 1.49. The zero-order valence-corrected chi connectivity index (χ0v) is 11.0. The largest absolute Gasteiger partial charge is 0.380 e. The third-order valence-corrected chi connectivity index (χ3v) is 2.56. The number of nitrogens with zero attached hydrogens (tertiary/aromatic N) is 3. The summed E-state index contributed by atoms with van der Waals surface area (Å²) in [6.07, 6.45) is 2.45. The number of carbonyl (C=O) groups excluding carboxylic acids is 1. The average molecular weight is 267 g/mol. The molecule has 0 aliphatic heterocycles. The molecule has 0 radical (unpaired) electrons. The van der Waals surface area contributed by atoms with E-state index in [1.54, 1.807) is 4.90 Å². The number of ether oxygens (including phenoxy) is 1. The Balaban J connectivity index is 2.79. The van der Waals surface area contributed by atoms with E-state index >= 15 is 0 Å². The van der Waals surface area contributed by atoms with E-state index in [4.69, 9.17) is 4.74 Å². The molecule has 0 aliphatic rings. The lowest BCUT2D eigenvalue weighted by molar-refractivity contribution is -0.385. The van der Waals surface area contributed by atoms with Crippen LogP contribution in [0, 0.1) is 10.1 Å². The molecular weight excluding hydrogens is 250 g/mol. The van der Waals surface area contributed by atoms with Gasteiger partial charge < -0.3 is 9.64 Å². The number of carbonyl (C=O) groups is 1. The molecule has 0 aliphatic carbocycles. The first-order valence-corrected chi connectivity index (χ1v) is 6.06. The van der Waals surface area contributed by atoms with Crippen molar-refractivity contribution >= 4 is 11.6 Å². The highest BCUT2D eigenvalue weighted by molar-refractivity contribution is 5.94. The first-order chi connectivity index (χ1) is 9.10. The van der Waals surface area contributed by atoms with E-state index in [0.717, 1.165) is 6.20 Å². The molecule has 0 aromatic carbocycles. The normalized spacial score (nSPS) is 10.2. The number of rotatable bonds is 7. The van der Waals surface area contributed by atoms with E-state index in [9.17, 15) is 14.9 Å². The van der Waals surface area contributed by atoms with Crippen LogP contribution in [0.15, 0.2) is 18.5 Å². The van der Waals surface area contributed by atoms with Gasteiger partial charge in [0.15, 0.2) is 0 Å². The highest BCUT2D eigenvalue weighted by Gasteiger charge is 2.17. The second-order valence-electron chi connectivity index (χ2n) is 3.77. The van der Waals surface area contributed by atoms with Gasteiger partial charge in [-0.2, -0.15) is 0 Å². The molecule has 0 N–H and O–H groups in total. The Bertz CT molecular complexity index is 450. The molecule has 7 heteroatoms. The van der Waals surface area contributed by atoms with E-state index in [-0.39, 0.29) is 17.2 Å². The Hall–Kier alpha value is -2.02. The Morgan fingerprint density at radius 3 is 2.79 bits per heavy atom. The van der Waals surface area contributed by atoms with Crippen LogP contribution in [0.1, 0.15) is 24.2 Å². The van der Waals surface area contributed by atoms with Gasteiger partial charge in [0.25, 0.3) is 11.6 Å². The highest BCUT2D eigenvalue weighted by Crippen LogP contribution is 2.12. The number of hydrogen-bond donors (Lipinski definition) is 0. The minimum Gasteiger partial charge on any atom is -0.380 e. The maximum Gasteiger partial charge on any atom is 0.288 e. The summed E-state index contributed by atoms with van der Waals surface area (Å²) < 4.78 is 5.20. The zero-order chi connectivity index (χ0) is 14.3. The minimum absolute atomic E-state index is 0.188. The smallest absolute Gasteiger partial charge is 0.288 e. The summed E-state index contributed by atoms with van der Waals surface area (Å²) in [6.45, 7) is 5.71. The van der Waals surface area contributed by atoms with Crippen LogP contribution in [0.25, 0.3) is 0 Å². The Kier molecular flexibility index (Phi) is 5.87. The van der Waals surface area contributed by atoms with Crippen molar-refractivity contribution in [2.75, 3.05) is 26.3 Å². The number of hydrogen-bond acceptors (Lipinski definition) is 5. The van der Waals surface area contributed by atoms with Gasteiger partial charge in [-0.25, -0.2) is 0 Å². The fraction of sp³-hybridized carbons (Fsp3) is 0.500. The fourth-order valence-corrected chi connectivity index (χ4v) is 1.55. The molecular formula is C12H17N3O4. The molecule has 0 atom stereocenters. The van der Waals surface area contributed by atoms with Crippen LogP contribution in [0.5, 0.6) is 0 Å². The van der Waals surface area contributed by atoms with Crippen LogP contribution in [0.3, 0.4) is 0 Å². The van der Waals surface area contributed by atoms with E-state index in [1.165, 1.54) is 12.3 Å². The monoisotopic (exact) mass is 267 g/mol. The molecule has 0 saturated heterocycles. The molecule has 0 spiro atoms. The number of likely N-dealkylation sites (N-methyl/N-ethyl adjacent to an activating group) is 1. The molecule has 1 amide bonds. The quantitative estimate of drug-likeness (QED) is 0.424. The lowest BCUT2D eigenvalue weighted by atomic mass is 10.2. The van der Waals surface area contributed by atoms with Gasteiger partial charge in [0.1, 0.15) is 6.20 Å². The predicted molar refractivity (Wildman–Crippen MR) is 69.0 cm³/mol. The molecule has 7 nitrogen and oxygen atoms in total. The van der Waals surface area contributed by atoms with Gasteiger partial charge in [-0.3, -0.25) is 19.9 Å². The molecule has 1 aromatic heterocycles. The molecule has 104 valence electrons. The molecule has 1 aromatic rings. The molecule has 0 unspecified atom stereocenters. The number of pyridine rings is 1. The van der Waals surface area contributed by atoms with Crippen LogP contribution in [-0.2, 0) is 4.74 Å². The Labute approximate surface area is 111 Å². The molecule has 0 bridgehead atoms. The molecule has 1 heterocycles. The zero-order valence-electron chi connectivity index (χ0n) is 11.0. The number of amides is 1. The van der Waals surface area contributed by atoms with Crippen LogP contribution in [0.4, 0.5) is 5.69 Å². The summed E-state index contributed by atoms with van der Waals surface area (Å²) >= 11 is 0. The van der Waals surface area contributed by atoms with Crippen molar-refractivity contribution in [3.05, 3.63) is 34.1 Å². The van der Waals surface area contributed by atoms with Crippen LogP contribution >= 0.6 is 0 Å². The van der Waals surface area contributed by atoms with E-state index in [2.05, 4.69) is 4.98 Å². The third kappa shape index (κ3) is 4.29. The highest BCUT2D eigenvalue weighted by atomic mass is 16.6. The van der Waals surface area contributed by atoms with Crippen LogP contribution in [-0.4, -0.2) is 47.0 Å². The van der Waals surface area contributed by atoms with Gasteiger partial charge in [-0.15, -0.1) is 0 Å². The molecule has 0 saturated carbocycles. The minimum atomic E-state index is -0.569. The average Bonchev–Trinajstić information content (AvgIpc) is 2.43. The summed E-state index contributed by atoms with van der Waals surface area (Å²) in [5.41, 5.74) is 0.0271. The van der Waals surface area contributed by atoms with E-state index in [0.29, 0.717) is 26.3 Å². The second kappa shape index (κ2) is 7.42. The van der Waals surface area contributed by atoms with Crippen molar-refractivity contribution < 1.29 is 14.5 Å². The van der Waals surface area contributed by atoms with Gasteiger partial charge in [0.2, 0.25) is 0 Å². The summed E-state index contributed by atoms with van der Waals surface area (Å²) in [4.78, 5) is 27.5. The fourth-order valence-electron chi connectivity index (χ4n) is 1.55. The Morgan fingerprint density at radius 2 is 2.21 bits per heavy atom. The summed E-state index contributed by atoms with van der Waals surface area (Å²) in [5, 5.41) is 10.6. The Morgan fingerprint density at radius 1 is 1.47 bits per heavy atom. The van der Waals surface area contributed by atoms with Crippen molar-refractivity contribution in [2.45, 2.75) is 13.8 Å². The number of aromatic nitrogens is 1. The van der Waals surface area contributed by atoms with E-state index < -0.39 is 4.92 Å². The second-order valence-corrected chi connectivity index (χ2v) is 3.77. The van der Waals surface area contributed by atoms with Gasteiger partial charge in [-0.1, -0.05) is 0 Å². The first kappa shape index (κ1) is 15.0. The maximum absolute atomic E-state index is 12.2. The van der Waals surface area contributed by atoms with Gasteiger partial charge in [0.05, 0.1) is 17.1 Å². The van der Waals surface area contributed by atoms with Gasteiger partial charge >= 0.3 is 0 Å². The van der Waals surface area contributed by atoms with E-state index in [1.807, 2.05) is 13.8 Å². The molecule has 0 fully saturated rings. The van der Waals surface area contributed by atoms with Crippen molar-refractivity contribution in [1.82, 2.24) is 9.88 Å². The lowest BCUT2D eigenvalue weighted by Crippen LogP contribution is -2.34. The van der Waals surface area contributed by atoms with Crippen molar-refractivity contribution in [3.8, 4) is 0 Å². The summed E-state index contributed by atoms with van der Waals surface area (Å²) in [7, 11) is 0. The van der Waals surface area contributed by atoms with Crippen molar-refractivity contribution in [2.24, 2.45) is 0 Å². The maximum atomic E-state index is 12.2. The standard InChI is InChI=1S/C12H17N3O4/c1-3-14(5-6-19-4-2)12(16)10-7-11(15(17)18)9-13-8-10/h7-9H,3-6H2,1-2H3. The van der Waals surface area contributed by atoms with Gasteiger partial charge in [-0.05, 0) is 13.8 Å². The molecule has 1 rings (SSSR count). The van der Waals surface area contributed by atoms with Crippen LogP contribution in [0.2, 0.25) is 0 Å². The number of nitro groups is 1. The van der Waals surface area contributed by atoms with Crippen molar-refractivity contribution in [3.63, 3.8) is 0 Å².